The van der Waals surface area contributed by atoms with E-state index in [4.69, 9.17) is 14.2 Å². The highest BCUT2D eigenvalue weighted by Crippen LogP contribution is 2.26. The van der Waals surface area contributed by atoms with Gasteiger partial charge in [0, 0.05) is 13.1 Å². The maximum atomic E-state index is 13.2. The summed E-state index contributed by atoms with van der Waals surface area (Å²) in [6, 6.07) is 14.0. The molecule has 0 aliphatic carbocycles. The number of rotatable bonds is 12. The third-order valence-electron chi connectivity index (χ3n) is 5.00. The van der Waals surface area contributed by atoms with Gasteiger partial charge < -0.3 is 24.4 Å². The van der Waals surface area contributed by atoms with Crippen molar-refractivity contribution in [3.8, 4) is 17.2 Å². The molecule has 2 aromatic rings. The minimum Gasteiger partial charge on any atom is -0.497 e. The van der Waals surface area contributed by atoms with E-state index in [1.807, 2.05) is 57.2 Å². The van der Waals surface area contributed by atoms with Gasteiger partial charge in [-0.15, -0.1) is 0 Å². The maximum absolute atomic E-state index is 13.2. The van der Waals surface area contributed by atoms with Gasteiger partial charge in [-0.2, -0.15) is 0 Å². The van der Waals surface area contributed by atoms with Crippen LogP contribution in [0.25, 0.3) is 0 Å². The first kappa shape index (κ1) is 25.0. The molecule has 0 spiro atoms. The molecule has 2 aromatic carbocycles. The summed E-state index contributed by atoms with van der Waals surface area (Å²) in [7, 11) is 3.15. The highest BCUT2D eigenvalue weighted by atomic mass is 16.5. The number of hydrogen-bond acceptors (Lipinski definition) is 5. The van der Waals surface area contributed by atoms with Crippen LogP contribution in [0.4, 0.5) is 0 Å². The summed E-state index contributed by atoms with van der Waals surface area (Å²) in [4.78, 5) is 27.7. The van der Waals surface area contributed by atoms with Crippen molar-refractivity contribution in [1.29, 1.82) is 0 Å². The van der Waals surface area contributed by atoms with E-state index >= 15 is 0 Å². The van der Waals surface area contributed by atoms with Crippen LogP contribution < -0.4 is 19.5 Å². The summed E-state index contributed by atoms with van der Waals surface area (Å²) in [5.41, 5.74) is 0.895. The average Bonchev–Trinajstić information content (AvgIpc) is 2.81. The third kappa shape index (κ3) is 7.18. The fourth-order valence-corrected chi connectivity index (χ4v) is 3.23. The van der Waals surface area contributed by atoms with Gasteiger partial charge in [0.15, 0.2) is 18.1 Å². The second kappa shape index (κ2) is 12.6. The lowest BCUT2D eigenvalue weighted by Crippen LogP contribution is -2.50. The molecule has 32 heavy (non-hydrogen) atoms. The van der Waals surface area contributed by atoms with Crippen LogP contribution in [0.15, 0.2) is 48.5 Å². The number of amides is 2. The number of methoxy groups -OCH3 is 2. The molecule has 2 amide bonds. The molecule has 0 radical (unpaired) electrons. The normalized spacial score (nSPS) is 11.6. The Balaban J connectivity index is 2.22. The fraction of sp³-hybridized carbons (Fsp3) is 0.440. The molecular formula is C25H34N2O5. The Morgan fingerprint density at radius 2 is 1.62 bits per heavy atom. The van der Waals surface area contributed by atoms with Crippen molar-refractivity contribution in [1.82, 2.24) is 10.2 Å². The quantitative estimate of drug-likeness (QED) is 0.543. The lowest BCUT2D eigenvalue weighted by atomic mass is 10.1. The third-order valence-corrected chi connectivity index (χ3v) is 5.00. The number of nitrogens with zero attached hydrogens (tertiary/aromatic N) is 1. The fourth-order valence-electron chi connectivity index (χ4n) is 3.23. The maximum Gasteiger partial charge on any atom is 0.261 e. The lowest BCUT2D eigenvalue weighted by Gasteiger charge is -2.31. The van der Waals surface area contributed by atoms with E-state index in [9.17, 15) is 9.59 Å². The summed E-state index contributed by atoms with van der Waals surface area (Å²) < 4.78 is 16.3. The van der Waals surface area contributed by atoms with Gasteiger partial charge in [-0.25, -0.2) is 0 Å². The minimum absolute atomic E-state index is 0.166. The first-order valence-corrected chi connectivity index (χ1v) is 10.9. The predicted molar refractivity (Wildman–Crippen MR) is 124 cm³/mol. The second-order valence-corrected chi connectivity index (χ2v) is 7.87. The smallest absolute Gasteiger partial charge is 0.261 e. The second-order valence-electron chi connectivity index (χ2n) is 7.87. The monoisotopic (exact) mass is 442 g/mol. The molecule has 0 aromatic heterocycles. The summed E-state index contributed by atoms with van der Waals surface area (Å²) in [5, 5.41) is 2.95. The molecule has 2 rings (SSSR count). The molecule has 0 fully saturated rings. The number of carbonyl (C=O) groups is 2. The molecule has 0 aliphatic heterocycles. The predicted octanol–water partition coefficient (Wildman–Crippen LogP) is 3.66. The van der Waals surface area contributed by atoms with E-state index in [0.29, 0.717) is 30.4 Å². The van der Waals surface area contributed by atoms with E-state index in [1.165, 1.54) is 0 Å². The van der Waals surface area contributed by atoms with Crippen LogP contribution in [0.3, 0.4) is 0 Å². The van der Waals surface area contributed by atoms with Crippen molar-refractivity contribution in [3.05, 3.63) is 54.1 Å². The molecule has 0 aliphatic rings. The van der Waals surface area contributed by atoms with Gasteiger partial charge >= 0.3 is 0 Å². The molecule has 7 heteroatoms. The SMILES string of the molecule is CCC(C(=O)NCC(C)C)N(Cc1ccc(OC)cc1)C(=O)COc1ccccc1OC. The molecule has 0 bridgehead atoms. The van der Waals surface area contributed by atoms with Gasteiger partial charge in [-0.1, -0.05) is 45.0 Å². The zero-order valence-electron chi connectivity index (χ0n) is 19.6. The molecule has 0 saturated heterocycles. The first-order chi connectivity index (χ1) is 15.4. The standard InChI is InChI=1S/C25H34N2O5/c1-6-21(25(29)26-15-18(2)3)27(16-19-11-13-20(30-4)14-12-19)24(28)17-32-23-10-8-7-9-22(23)31-5/h7-14,18,21H,6,15-17H2,1-5H3,(H,26,29). The summed E-state index contributed by atoms with van der Waals surface area (Å²) in [6.45, 7) is 6.59. The Morgan fingerprint density at radius 3 is 2.19 bits per heavy atom. The van der Waals surface area contributed by atoms with Crippen molar-refractivity contribution in [2.45, 2.75) is 39.8 Å². The van der Waals surface area contributed by atoms with Crippen LogP contribution in [0, 0.1) is 5.92 Å². The van der Waals surface area contributed by atoms with Crippen molar-refractivity contribution >= 4 is 11.8 Å². The van der Waals surface area contributed by atoms with Crippen LogP contribution in [-0.2, 0) is 16.1 Å². The molecule has 1 unspecified atom stereocenters. The number of carbonyl (C=O) groups excluding carboxylic acids is 2. The molecule has 7 nitrogen and oxygen atoms in total. The molecule has 0 heterocycles. The van der Waals surface area contributed by atoms with E-state index in [2.05, 4.69) is 5.32 Å². The lowest BCUT2D eigenvalue weighted by molar-refractivity contribution is -0.143. The number of para-hydroxylation sites is 2. The summed E-state index contributed by atoms with van der Waals surface area (Å²) in [5.74, 6) is 1.62. The molecular weight excluding hydrogens is 408 g/mol. The van der Waals surface area contributed by atoms with Crippen LogP contribution in [-0.4, -0.2) is 50.1 Å². The summed E-state index contributed by atoms with van der Waals surface area (Å²) in [6.07, 6.45) is 0.487. The van der Waals surface area contributed by atoms with Crippen molar-refractivity contribution in [3.63, 3.8) is 0 Å². The number of hydrogen-bond donors (Lipinski definition) is 1. The zero-order chi connectivity index (χ0) is 23.5. The zero-order valence-corrected chi connectivity index (χ0v) is 19.6. The highest BCUT2D eigenvalue weighted by Gasteiger charge is 2.29. The number of nitrogens with one attached hydrogen (secondary N) is 1. The largest absolute Gasteiger partial charge is 0.497 e. The first-order valence-electron chi connectivity index (χ1n) is 10.9. The van der Waals surface area contributed by atoms with Gasteiger partial charge in [0.1, 0.15) is 11.8 Å². The van der Waals surface area contributed by atoms with Crippen molar-refractivity contribution in [2.24, 2.45) is 5.92 Å². The highest BCUT2D eigenvalue weighted by molar-refractivity contribution is 5.88. The van der Waals surface area contributed by atoms with Gasteiger partial charge in [0.05, 0.1) is 14.2 Å². The number of benzene rings is 2. The molecule has 174 valence electrons. The summed E-state index contributed by atoms with van der Waals surface area (Å²) >= 11 is 0. The Kier molecular flexibility index (Phi) is 9.85. The van der Waals surface area contributed by atoms with Gasteiger partial charge in [0.2, 0.25) is 5.91 Å². The number of ether oxygens (including phenoxy) is 3. The Morgan fingerprint density at radius 1 is 0.969 bits per heavy atom. The van der Waals surface area contributed by atoms with Crippen LogP contribution in [0.5, 0.6) is 17.2 Å². The van der Waals surface area contributed by atoms with Gasteiger partial charge in [-0.05, 0) is 42.2 Å². The van der Waals surface area contributed by atoms with Gasteiger partial charge in [0.25, 0.3) is 5.91 Å². The molecule has 0 saturated carbocycles. The minimum atomic E-state index is -0.607. The van der Waals surface area contributed by atoms with Crippen molar-refractivity contribution in [2.75, 3.05) is 27.4 Å². The van der Waals surface area contributed by atoms with E-state index < -0.39 is 6.04 Å². The van der Waals surface area contributed by atoms with Crippen LogP contribution >= 0.6 is 0 Å². The van der Waals surface area contributed by atoms with Crippen molar-refractivity contribution < 1.29 is 23.8 Å². The van der Waals surface area contributed by atoms with Crippen LogP contribution in [0.1, 0.15) is 32.8 Å². The molecule has 1 atom stereocenters. The topological polar surface area (TPSA) is 77.1 Å². The Bertz CT molecular complexity index is 867. The van der Waals surface area contributed by atoms with Crippen LogP contribution in [0.2, 0.25) is 0 Å². The van der Waals surface area contributed by atoms with E-state index in [-0.39, 0.29) is 25.0 Å². The van der Waals surface area contributed by atoms with Gasteiger partial charge in [-0.3, -0.25) is 9.59 Å². The van der Waals surface area contributed by atoms with E-state index in [0.717, 1.165) is 11.3 Å². The Labute approximate surface area is 190 Å². The van der Waals surface area contributed by atoms with E-state index in [1.54, 1.807) is 31.3 Å². The Hall–Kier alpha value is -3.22. The average molecular weight is 443 g/mol. The molecule has 1 N–H and O–H groups in total.